The molecule has 0 unspecified atom stereocenters. The fraction of sp³-hybridized carbons (Fsp3) is 0.667. The summed E-state index contributed by atoms with van der Waals surface area (Å²) in [5.74, 6) is 0. The average Bonchev–Trinajstić information content (AvgIpc) is 2.38. The van der Waals surface area contributed by atoms with Gasteiger partial charge in [0.15, 0.2) is 0 Å². The summed E-state index contributed by atoms with van der Waals surface area (Å²) < 4.78 is 19.9. The number of rotatable bonds is 10. The molecule has 0 radical (unpaired) electrons. The highest BCUT2D eigenvalue weighted by molar-refractivity contribution is 14.1. The van der Waals surface area contributed by atoms with Gasteiger partial charge in [0, 0.05) is 27.9 Å². The normalized spacial score (nSPS) is 12.6. The van der Waals surface area contributed by atoms with Crippen molar-refractivity contribution in [3.05, 3.63) is 33.4 Å². The van der Waals surface area contributed by atoms with E-state index in [0.29, 0.717) is 0 Å². The summed E-state index contributed by atoms with van der Waals surface area (Å²) in [4.78, 5) is 0. The molecule has 0 aliphatic carbocycles. The summed E-state index contributed by atoms with van der Waals surface area (Å²) in [7, 11) is -2.65. The van der Waals surface area contributed by atoms with Crippen LogP contribution in [-0.2, 0) is 19.7 Å². The first-order valence-corrected chi connectivity index (χ1v) is 11.5. The predicted molar refractivity (Wildman–Crippen MR) is 107 cm³/mol. The van der Waals surface area contributed by atoms with Crippen molar-refractivity contribution in [3.63, 3.8) is 0 Å². The SMILES string of the molecule is CC(C)O[Si](CCCc1ccc(I)cc1)(OC(C)C)OC(C)C. The second-order valence-electron chi connectivity index (χ2n) is 6.66. The van der Waals surface area contributed by atoms with Crippen LogP contribution in [0, 0.1) is 3.57 Å². The summed E-state index contributed by atoms with van der Waals surface area (Å²) in [6, 6.07) is 9.55. The third-order valence-corrected chi connectivity index (χ3v) is 7.28. The first-order valence-electron chi connectivity index (χ1n) is 8.50. The summed E-state index contributed by atoms with van der Waals surface area (Å²) in [5.41, 5.74) is 1.35. The Labute approximate surface area is 156 Å². The molecule has 3 nitrogen and oxygen atoms in total. The van der Waals surface area contributed by atoms with Crippen molar-refractivity contribution < 1.29 is 13.3 Å². The molecule has 0 aliphatic rings. The van der Waals surface area contributed by atoms with Crippen molar-refractivity contribution in [3.8, 4) is 0 Å². The van der Waals surface area contributed by atoms with Gasteiger partial charge in [-0.3, -0.25) is 0 Å². The van der Waals surface area contributed by atoms with E-state index in [2.05, 4.69) is 46.9 Å². The largest absolute Gasteiger partial charge is 0.501 e. The second-order valence-corrected chi connectivity index (χ2v) is 10.5. The minimum Gasteiger partial charge on any atom is -0.371 e. The van der Waals surface area contributed by atoms with Crippen molar-refractivity contribution in [2.24, 2.45) is 0 Å². The van der Waals surface area contributed by atoms with Crippen LogP contribution < -0.4 is 0 Å². The molecule has 0 amide bonds. The number of hydrogen-bond donors (Lipinski definition) is 0. The average molecular weight is 450 g/mol. The Morgan fingerprint density at radius 3 is 1.65 bits per heavy atom. The minimum atomic E-state index is -2.65. The molecule has 5 heteroatoms. The van der Waals surface area contributed by atoms with Crippen molar-refractivity contribution in [1.82, 2.24) is 0 Å². The molecule has 0 atom stereocenters. The molecule has 132 valence electrons. The summed E-state index contributed by atoms with van der Waals surface area (Å²) in [5, 5.41) is 0. The van der Waals surface area contributed by atoms with Gasteiger partial charge in [-0.2, -0.15) is 0 Å². The van der Waals surface area contributed by atoms with E-state index in [1.54, 1.807) is 0 Å². The van der Waals surface area contributed by atoms with Crippen molar-refractivity contribution in [1.29, 1.82) is 0 Å². The van der Waals surface area contributed by atoms with Crippen LogP contribution in [0.1, 0.15) is 53.5 Å². The highest BCUT2D eigenvalue weighted by atomic mass is 127. The summed E-state index contributed by atoms with van der Waals surface area (Å²) in [6.45, 7) is 12.3. The third-order valence-electron chi connectivity index (χ3n) is 3.11. The van der Waals surface area contributed by atoms with Crippen LogP contribution in [0.2, 0.25) is 6.04 Å². The van der Waals surface area contributed by atoms with Crippen LogP contribution in [-0.4, -0.2) is 27.1 Å². The van der Waals surface area contributed by atoms with E-state index in [0.717, 1.165) is 18.9 Å². The second kappa shape index (κ2) is 10.1. The molecule has 1 rings (SSSR count). The number of hydrogen-bond acceptors (Lipinski definition) is 3. The zero-order valence-electron chi connectivity index (χ0n) is 15.3. The monoisotopic (exact) mass is 450 g/mol. The number of halogens is 1. The summed E-state index contributed by atoms with van der Waals surface area (Å²) >= 11 is 2.33. The molecular weight excluding hydrogens is 419 g/mol. The lowest BCUT2D eigenvalue weighted by Crippen LogP contribution is -2.50. The van der Waals surface area contributed by atoms with Crippen molar-refractivity contribution in [2.75, 3.05) is 0 Å². The molecule has 0 saturated heterocycles. The Hall–Kier alpha value is 0.0469. The smallest absolute Gasteiger partial charge is 0.371 e. The lowest BCUT2D eigenvalue weighted by atomic mass is 10.1. The van der Waals surface area contributed by atoms with E-state index in [1.165, 1.54) is 9.13 Å². The maximum Gasteiger partial charge on any atom is 0.501 e. The van der Waals surface area contributed by atoms with Crippen LogP contribution in [0.4, 0.5) is 0 Å². The van der Waals surface area contributed by atoms with Crippen LogP contribution in [0.3, 0.4) is 0 Å². The highest BCUT2D eigenvalue weighted by Crippen LogP contribution is 2.25. The predicted octanol–water partition coefficient (Wildman–Crippen LogP) is 5.44. The third kappa shape index (κ3) is 8.63. The van der Waals surface area contributed by atoms with E-state index in [9.17, 15) is 0 Å². The Balaban J connectivity index is 2.74. The van der Waals surface area contributed by atoms with E-state index in [1.807, 2.05) is 41.5 Å². The molecule has 0 heterocycles. The number of aryl methyl sites for hydroxylation is 1. The van der Waals surface area contributed by atoms with Crippen molar-refractivity contribution >= 4 is 31.4 Å². The van der Waals surface area contributed by atoms with Gasteiger partial charge < -0.3 is 13.3 Å². The van der Waals surface area contributed by atoms with Crippen LogP contribution in [0.25, 0.3) is 0 Å². The maximum absolute atomic E-state index is 6.21. The lowest BCUT2D eigenvalue weighted by Gasteiger charge is -2.34. The Morgan fingerprint density at radius 1 is 0.826 bits per heavy atom. The van der Waals surface area contributed by atoms with E-state index < -0.39 is 8.80 Å². The molecule has 1 aromatic carbocycles. The van der Waals surface area contributed by atoms with E-state index in [-0.39, 0.29) is 18.3 Å². The maximum atomic E-state index is 6.21. The standard InChI is InChI=1S/C18H31IO3Si/c1-14(2)20-23(21-15(3)4,22-16(5)6)13-7-8-17-9-11-18(19)12-10-17/h9-12,14-16H,7-8,13H2,1-6H3. The topological polar surface area (TPSA) is 27.7 Å². The van der Waals surface area contributed by atoms with Crippen LogP contribution in [0.5, 0.6) is 0 Å². The lowest BCUT2D eigenvalue weighted by molar-refractivity contribution is 0.00292. The summed E-state index contributed by atoms with van der Waals surface area (Å²) in [6.07, 6.45) is 2.36. The molecule has 0 saturated carbocycles. The first kappa shape index (κ1) is 21.1. The van der Waals surface area contributed by atoms with E-state index >= 15 is 0 Å². The molecule has 1 aromatic rings. The first-order chi connectivity index (χ1) is 10.7. The molecule has 0 N–H and O–H groups in total. The van der Waals surface area contributed by atoms with Gasteiger partial charge in [-0.1, -0.05) is 12.1 Å². The van der Waals surface area contributed by atoms with Gasteiger partial charge in [-0.15, -0.1) is 0 Å². The van der Waals surface area contributed by atoms with Gasteiger partial charge in [0.1, 0.15) is 0 Å². The van der Waals surface area contributed by atoms with Gasteiger partial charge in [0.25, 0.3) is 0 Å². The Morgan fingerprint density at radius 2 is 1.26 bits per heavy atom. The zero-order valence-corrected chi connectivity index (χ0v) is 18.4. The van der Waals surface area contributed by atoms with Crippen molar-refractivity contribution in [2.45, 2.75) is 78.7 Å². The van der Waals surface area contributed by atoms with Gasteiger partial charge in [-0.05, 0) is 94.7 Å². The highest BCUT2D eigenvalue weighted by Gasteiger charge is 2.43. The van der Waals surface area contributed by atoms with Crippen LogP contribution >= 0.6 is 22.6 Å². The zero-order chi connectivity index (χ0) is 17.5. The Kier molecular flexibility index (Phi) is 9.29. The molecular formula is C18H31IO3Si. The number of benzene rings is 1. The van der Waals surface area contributed by atoms with Gasteiger partial charge in [0.2, 0.25) is 0 Å². The molecule has 0 aromatic heterocycles. The van der Waals surface area contributed by atoms with E-state index in [4.69, 9.17) is 13.3 Å². The van der Waals surface area contributed by atoms with Gasteiger partial charge >= 0.3 is 8.80 Å². The molecule has 0 fully saturated rings. The quantitative estimate of drug-likeness (QED) is 0.351. The molecule has 23 heavy (non-hydrogen) atoms. The fourth-order valence-corrected chi connectivity index (χ4v) is 6.14. The molecule has 0 bridgehead atoms. The molecule has 0 aliphatic heterocycles. The fourth-order valence-electron chi connectivity index (χ4n) is 2.50. The minimum absolute atomic E-state index is 0.109. The van der Waals surface area contributed by atoms with Gasteiger partial charge in [0.05, 0.1) is 0 Å². The Bertz CT molecular complexity index is 420. The molecule has 0 spiro atoms. The van der Waals surface area contributed by atoms with Crippen LogP contribution in [0.15, 0.2) is 24.3 Å². The van der Waals surface area contributed by atoms with Gasteiger partial charge in [-0.25, -0.2) is 0 Å².